The molecule has 1 heterocycles. The lowest BCUT2D eigenvalue weighted by molar-refractivity contribution is 0.972. The number of anilines is 1. The smallest absolute Gasteiger partial charge is 0.126 e. The van der Waals surface area contributed by atoms with Crippen molar-refractivity contribution < 1.29 is 0 Å². The summed E-state index contributed by atoms with van der Waals surface area (Å²) in [6, 6.07) is 7.64. The van der Waals surface area contributed by atoms with Gasteiger partial charge in [-0.15, -0.1) is 0 Å². The van der Waals surface area contributed by atoms with E-state index in [9.17, 15) is 0 Å². The molecule has 0 aliphatic rings. The number of hydrogen-bond acceptors (Lipinski definition) is 2. The van der Waals surface area contributed by atoms with Gasteiger partial charge in [0.1, 0.15) is 5.82 Å². The summed E-state index contributed by atoms with van der Waals surface area (Å²) in [5.41, 5.74) is 0.746. The average Bonchev–Trinajstić information content (AvgIpc) is 2.31. The molecule has 2 aromatic rings. The van der Waals surface area contributed by atoms with Crippen molar-refractivity contribution in [3.05, 3.63) is 34.3 Å². The van der Waals surface area contributed by atoms with Gasteiger partial charge < -0.3 is 5.32 Å². The zero-order valence-corrected chi connectivity index (χ0v) is 10.4. The Labute approximate surface area is 105 Å². The van der Waals surface area contributed by atoms with Crippen LogP contribution >= 0.6 is 23.2 Å². The number of aromatic nitrogens is 1. The first-order valence-corrected chi connectivity index (χ1v) is 5.96. The number of fused-ring (bicyclic) bond motifs is 1. The predicted molar refractivity (Wildman–Crippen MR) is 70.5 cm³/mol. The lowest BCUT2D eigenvalue weighted by Gasteiger charge is -2.06. The zero-order valence-electron chi connectivity index (χ0n) is 8.93. The van der Waals surface area contributed by atoms with Crippen molar-refractivity contribution in [3.63, 3.8) is 0 Å². The van der Waals surface area contributed by atoms with Gasteiger partial charge in [0, 0.05) is 11.9 Å². The minimum atomic E-state index is 0.513. The molecule has 1 N–H and O–H groups in total. The van der Waals surface area contributed by atoms with E-state index in [1.54, 1.807) is 6.07 Å². The van der Waals surface area contributed by atoms with Gasteiger partial charge in [-0.1, -0.05) is 36.2 Å². The molecule has 0 radical (unpaired) electrons. The summed E-state index contributed by atoms with van der Waals surface area (Å²) in [7, 11) is 0. The van der Waals surface area contributed by atoms with Gasteiger partial charge in [0.15, 0.2) is 0 Å². The molecule has 0 aliphatic carbocycles. The molecule has 0 bridgehead atoms. The molecule has 84 valence electrons. The Balaban J connectivity index is 2.47. The van der Waals surface area contributed by atoms with Crippen LogP contribution in [0.3, 0.4) is 0 Å². The number of halogens is 2. The second-order valence-electron chi connectivity index (χ2n) is 3.56. The summed E-state index contributed by atoms with van der Waals surface area (Å²) >= 11 is 12.1. The molecule has 0 spiro atoms. The van der Waals surface area contributed by atoms with Crippen LogP contribution in [-0.4, -0.2) is 11.5 Å². The minimum absolute atomic E-state index is 0.513. The van der Waals surface area contributed by atoms with Crippen LogP contribution in [0.5, 0.6) is 0 Å². The molecule has 0 fully saturated rings. The molecule has 1 aromatic heterocycles. The Kier molecular flexibility index (Phi) is 3.52. The highest BCUT2D eigenvalue weighted by molar-refractivity contribution is 6.45. The van der Waals surface area contributed by atoms with Crippen molar-refractivity contribution in [2.75, 3.05) is 11.9 Å². The van der Waals surface area contributed by atoms with Crippen LogP contribution in [0, 0.1) is 0 Å². The molecular formula is C12H12Cl2N2. The van der Waals surface area contributed by atoms with E-state index in [2.05, 4.69) is 17.2 Å². The first-order chi connectivity index (χ1) is 7.72. The molecule has 2 nitrogen and oxygen atoms in total. The van der Waals surface area contributed by atoms with Gasteiger partial charge in [0.25, 0.3) is 0 Å². The quantitative estimate of drug-likeness (QED) is 0.881. The molecule has 0 saturated carbocycles. The van der Waals surface area contributed by atoms with E-state index in [-0.39, 0.29) is 0 Å². The lowest BCUT2D eigenvalue weighted by Crippen LogP contribution is -2.01. The van der Waals surface area contributed by atoms with Crippen LogP contribution in [0.2, 0.25) is 10.0 Å². The summed E-state index contributed by atoms with van der Waals surface area (Å²) < 4.78 is 0. The maximum Gasteiger partial charge on any atom is 0.126 e. The van der Waals surface area contributed by atoms with Gasteiger partial charge in [-0.05, 0) is 24.6 Å². The van der Waals surface area contributed by atoms with Gasteiger partial charge in [-0.25, -0.2) is 4.98 Å². The second kappa shape index (κ2) is 4.89. The van der Waals surface area contributed by atoms with Crippen molar-refractivity contribution in [1.29, 1.82) is 0 Å². The number of nitrogens with one attached hydrogen (secondary N) is 1. The van der Waals surface area contributed by atoms with Crippen LogP contribution in [0.4, 0.5) is 5.82 Å². The molecule has 4 heteroatoms. The van der Waals surface area contributed by atoms with Crippen molar-refractivity contribution in [2.45, 2.75) is 13.3 Å². The first-order valence-electron chi connectivity index (χ1n) is 5.21. The fourth-order valence-corrected chi connectivity index (χ4v) is 1.85. The molecular weight excluding hydrogens is 243 g/mol. The largest absolute Gasteiger partial charge is 0.370 e. The van der Waals surface area contributed by atoms with E-state index in [0.29, 0.717) is 10.0 Å². The normalized spacial score (nSPS) is 10.7. The summed E-state index contributed by atoms with van der Waals surface area (Å²) in [5, 5.41) is 5.27. The maximum atomic E-state index is 6.11. The van der Waals surface area contributed by atoms with E-state index < -0.39 is 0 Å². The van der Waals surface area contributed by atoms with Gasteiger partial charge in [-0.2, -0.15) is 0 Å². The zero-order chi connectivity index (χ0) is 11.5. The number of benzene rings is 1. The fraction of sp³-hybridized carbons (Fsp3) is 0.250. The third kappa shape index (κ3) is 2.23. The van der Waals surface area contributed by atoms with E-state index >= 15 is 0 Å². The molecule has 0 unspecified atom stereocenters. The third-order valence-electron chi connectivity index (χ3n) is 2.31. The fourth-order valence-electron chi connectivity index (χ4n) is 1.48. The number of nitrogens with zero attached hydrogens (tertiary/aromatic N) is 1. The molecule has 2 rings (SSSR count). The van der Waals surface area contributed by atoms with Crippen molar-refractivity contribution in [1.82, 2.24) is 4.98 Å². The van der Waals surface area contributed by atoms with E-state index in [1.807, 2.05) is 18.2 Å². The molecule has 16 heavy (non-hydrogen) atoms. The van der Waals surface area contributed by atoms with Gasteiger partial charge in [0.05, 0.1) is 15.6 Å². The van der Waals surface area contributed by atoms with Crippen LogP contribution in [0.25, 0.3) is 10.9 Å². The van der Waals surface area contributed by atoms with Crippen LogP contribution in [0.15, 0.2) is 24.3 Å². The summed E-state index contributed by atoms with van der Waals surface area (Å²) in [6.07, 6.45) is 1.06. The number of pyridine rings is 1. The van der Waals surface area contributed by atoms with E-state index in [1.165, 1.54) is 0 Å². The Hall–Kier alpha value is -0.990. The molecule has 1 aromatic carbocycles. The maximum absolute atomic E-state index is 6.11. The van der Waals surface area contributed by atoms with E-state index in [4.69, 9.17) is 23.2 Å². The van der Waals surface area contributed by atoms with Gasteiger partial charge in [-0.3, -0.25) is 0 Å². The monoisotopic (exact) mass is 254 g/mol. The van der Waals surface area contributed by atoms with Gasteiger partial charge >= 0.3 is 0 Å². The minimum Gasteiger partial charge on any atom is -0.370 e. The van der Waals surface area contributed by atoms with Crippen LogP contribution in [0.1, 0.15) is 13.3 Å². The number of hydrogen-bond donors (Lipinski definition) is 1. The van der Waals surface area contributed by atoms with Gasteiger partial charge in [0.2, 0.25) is 0 Å². The molecule has 0 saturated heterocycles. The number of rotatable bonds is 3. The second-order valence-corrected chi connectivity index (χ2v) is 4.34. The SMILES string of the molecule is CCCNc1ccc2ccc(Cl)c(Cl)c2n1. The molecule has 0 aliphatic heterocycles. The first kappa shape index (κ1) is 11.5. The van der Waals surface area contributed by atoms with Crippen LogP contribution in [-0.2, 0) is 0 Å². The Morgan fingerprint density at radius 2 is 1.94 bits per heavy atom. The Morgan fingerprint density at radius 3 is 2.69 bits per heavy atom. The molecule has 0 atom stereocenters. The average molecular weight is 255 g/mol. The van der Waals surface area contributed by atoms with E-state index in [0.717, 1.165) is 29.7 Å². The van der Waals surface area contributed by atoms with Crippen molar-refractivity contribution in [2.24, 2.45) is 0 Å². The summed E-state index contributed by atoms with van der Waals surface area (Å²) in [5.74, 6) is 0.832. The highest BCUT2D eigenvalue weighted by atomic mass is 35.5. The van der Waals surface area contributed by atoms with Crippen molar-refractivity contribution >= 4 is 39.9 Å². The Bertz CT molecular complexity index is 512. The lowest BCUT2D eigenvalue weighted by atomic mass is 10.2. The van der Waals surface area contributed by atoms with Crippen molar-refractivity contribution in [3.8, 4) is 0 Å². The highest BCUT2D eigenvalue weighted by Gasteiger charge is 2.05. The Morgan fingerprint density at radius 1 is 1.19 bits per heavy atom. The van der Waals surface area contributed by atoms with Crippen LogP contribution < -0.4 is 5.32 Å². The summed E-state index contributed by atoms with van der Waals surface area (Å²) in [6.45, 7) is 3.01. The highest BCUT2D eigenvalue weighted by Crippen LogP contribution is 2.30. The topological polar surface area (TPSA) is 24.9 Å². The standard InChI is InChI=1S/C12H12Cl2N2/c1-2-7-15-10-6-4-8-3-5-9(13)11(14)12(8)16-10/h3-6H,2,7H2,1H3,(H,15,16). The molecule has 0 amide bonds. The predicted octanol–water partition coefficient (Wildman–Crippen LogP) is 4.36. The third-order valence-corrected chi connectivity index (χ3v) is 3.10. The summed E-state index contributed by atoms with van der Waals surface area (Å²) in [4.78, 5) is 4.45.